The monoisotopic (exact) mass is 369 g/mol. The van der Waals surface area contributed by atoms with E-state index < -0.39 is 11.7 Å². The summed E-state index contributed by atoms with van der Waals surface area (Å²) in [5.74, 6) is 2.11. The molecule has 7 heteroatoms. The predicted molar refractivity (Wildman–Crippen MR) is 99.8 cm³/mol. The van der Waals surface area contributed by atoms with E-state index in [0.29, 0.717) is 23.2 Å². The highest BCUT2D eigenvalue weighted by molar-refractivity contribution is 5.73. The number of amides is 1. The molecule has 1 aromatic heterocycles. The summed E-state index contributed by atoms with van der Waals surface area (Å²) in [5.41, 5.74) is 5.59. The van der Waals surface area contributed by atoms with E-state index in [1.165, 1.54) is 0 Å². The van der Waals surface area contributed by atoms with Gasteiger partial charge in [-0.2, -0.15) is 0 Å². The minimum atomic E-state index is -0.544. The molecule has 2 aliphatic rings. The average Bonchev–Trinajstić information content (AvgIpc) is 3.38. The van der Waals surface area contributed by atoms with Crippen molar-refractivity contribution < 1.29 is 19.4 Å². The highest BCUT2D eigenvalue weighted by Gasteiger charge is 2.80. The van der Waals surface area contributed by atoms with Crippen molar-refractivity contribution >= 4 is 11.9 Å². The largest absolute Gasteiger partial charge is 0.508 e. The van der Waals surface area contributed by atoms with Crippen LogP contribution in [0.5, 0.6) is 17.2 Å². The van der Waals surface area contributed by atoms with Crippen LogP contribution in [0, 0.1) is 5.92 Å². The molecule has 0 saturated heterocycles. The Morgan fingerprint density at radius 3 is 2.70 bits per heavy atom. The van der Waals surface area contributed by atoms with Crippen LogP contribution in [0.3, 0.4) is 0 Å². The van der Waals surface area contributed by atoms with Gasteiger partial charge in [-0.3, -0.25) is 0 Å². The number of ether oxygens (including phenoxy) is 2. The van der Waals surface area contributed by atoms with Crippen molar-refractivity contribution in [1.29, 1.82) is 0 Å². The third kappa shape index (κ3) is 3.37. The number of carbonyl (C=O) groups is 1. The Balaban J connectivity index is 1.48. The summed E-state index contributed by atoms with van der Waals surface area (Å²) < 4.78 is 11.2. The van der Waals surface area contributed by atoms with Gasteiger partial charge in [-0.1, -0.05) is 0 Å². The lowest BCUT2D eigenvalue weighted by atomic mass is 10.00. The smallest absolute Gasteiger partial charge is 0.408 e. The number of nitrogens with two attached hydrogens (primary N) is 1. The van der Waals surface area contributed by atoms with Crippen molar-refractivity contribution in [1.82, 2.24) is 10.3 Å². The molecule has 2 aliphatic carbocycles. The normalized spacial score (nSPS) is 25.3. The number of phenols is 1. The van der Waals surface area contributed by atoms with Gasteiger partial charge in [0, 0.05) is 23.7 Å². The van der Waals surface area contributed by atoms with Crippen molar-refractivity contribution in [2.75, 3.05) is 5.73 Å². The number of phenolic OH excluding ortho intramolecular Hbond substituents is 1. The molecule has 0 spiro atoms. The minimum absolute atomic E-state index is 0.0658. The lowest BCUT2D eigenvalue weighted by Gasteiger charge is -2.22. The summed E-state index contributed by atoms with van der Waals surface area (Å²) in [6.45, 7) is 5.49. The summed E-state index contributed by atoms with van der Waals surface area (Å²) >= 11 is 0. The standard InChI is InChI=1S/C20H23N3O4/c1-19(2,3)27-18(25)23-20-10-14(20)17(20)13-8-11(4-5-15(13)24)26-12-6-7-22-16(21)9-12/h4-9,14,17,24H,10H2,1-3H3,(H2,21,22)(H,23,25)/t14-,17+,20-/m0/s1. The maximum Gasteiger partial charge on any atom is 0.408 e. The number of nitrogens with one attached hydrogen (secondary N) is 1. The number of pyridine rings is 1. The van der Waals surface area contributed by atoms with E-state index in [4.69, 9.17) is 15.2 Å². The summed E-state index contributed by atoms with van der Waals surface area (Å²) in [7, 11) is 0. The second-order valence-electron chi connectivity index (χ2n) is 8.19. The van der Waals surface area contributed by atoms with Crippen LogP contribution in [0.4, 0.5) is 10.6 Å². The van der Waals surface area contributed by atoms with E-state index in [2.05, 4.69) is 10.3 Å². The van der Waals surface area contributed by atoms with Gasteiger partial charge in [0.05, 0.1) is 5.54 Å². The van der Waals surface area contributed by atoms with Crippen LogP contribution in [0.2, 0.25) is 0 Å². The topological polar surface area (TPSA) is 107 Å². The zero-order valence-electron chi connectivity index (χ0n) is 15.5. The van der Waals surface area contributed by atoms with E-state index in [-0.39, 0.29) is 17.2 Å². The predicted octanol–water partition coefficient (Wildman–Crippen LogP) is 3.54. The molecule has 1 aromatic carbocycles. The van der Waals surface area contributed by atoms with Gasteiger partial charge in [-0.25, -0.2) is 9.78 Å². The second kappa shape index (κ2) is 5.77. The molecule has 2 fully saturated rings. The van der Waals surface area contributed by atoms with Crippen LogP contribution in [0.1, 0.15) is 38.7 Å². The lowest BCUT2D eigenvalue weighted by molar-refractivity contribution is 0.0509. The SMILES string of the molecule is CC(C)(C)OC(=O)N[C@@]12C[C@H]1[C@H]2c1cc(Oc2ccnc(N)c2)ccc1O. The zero-order chi connectivity index (χ0) is 19.4. The van der Waals surface area contributed by atoms with E-state index in [1.807, 2.05) is 20.8 Å². The Kier molecular flexibility index (Phi) is 3.73. The zero-order valence-corrected chi connectivity index (χ0v) is 15.5. The molecular formula is C20H23N3O4. The number of rotatable bonds is 4. The Morgan fingerprint density at radius 1 is 1.30 bits per heavy atom. The number of alkyl carbamates (subject to hydrolysis) is 1. The van der Waals surface area contributed by atoms with Crippen LogP contribution in [-0.2, 0) is 4.74 Å². The number of anilines is 1. The molecule has 1 heterocycles. The van der Waals surface area contributed by atoms with Gasteiger partial charge in [0.15, 0.2) is 0 Å². The number of nitrogen functional groups attached to an aromatic ring is 1. The molecule has 142 valence electrons. The van der Waals surface area contributed by atoms with Gasteiger partial charge >= 0.3 is 6.09 Å². The number of carbonyl (C=O) groups excluding carboxylic acids is 1. The molecule has 27 heavy (non-hydrogen) atoms. The summed E-state index contributed by atoms with van der Waals surface area (Å²) in [6.07, 6.45) is 2.04. The van der Waals surface area contributed by atoms with Crippen LogP contribution < -0.4 is 15.8 Å². The van der Waals surface area contributed by atoms with Crippen molar-refractivity contribution in [2.24, 2.45) is 5.92 Å². The number of aromatic nitrogens is 1. The molecule has 0 aliphatic heterocycles. The van der Waals surface area contributed by atoms with E-state index in [9.17, 15) is 9.90 Å². The second-order valence-corrected chi connectivity index (χ2v) is 8.19. The molecular weight excluding hydrogens is 346 g/mol. The fourth-order valence-electron chi connectivity index (χ4n) is 3.59. The number of benzene rings is 1. The van der Waals surface area contributed by atoms with Gasteiger partial charge in [-0.15, -0.1) is 0 Å². The molecule has 4 rings (SSSR count). The van der Waals surface area contributed by atoms with Crippen molar-refractivity contribution in [2.45, 2.75) is 44.2 Å². The van der Waals surface area contributed by atoms with E-state index in [1.54, 1.807) is 36.5 Å². The Labute approximate surface area is 157 Å². The summed E-state index contributed by atoms with van der Waals surface area (Å²) in [5, 5.41) is 13.3. The van der Waals surface area contributed by atoms with E-state index in [0.717, 1.165) is 12.0 Å². The van der Waals surface area contributed by atoms with Crippen LogP contribution in [0.25, 0.3) is 0 Å². The molecule has 0 radical (unpaired) electrons. The number of nitrogens with zero attached hydrogens (tertiary/aromatic N) is 1. The third-order valence-corrected chi connectivity index (χ3v) is 4.96. The molecule has 7 nitrogen and oxygen atoms in total. The van der Waals surface area contributed by atoms with Crippen LogP contribution in [-0.4, -0.2) is 27.3 Å². The number of hydrogen-bond donors (Lipinski definition) is 3. The highest BCUT2D eigenvalue weighted by atomic mass is 16.6. The van der Waals surface area contributed by atoms with Gasteiger partial charge < -0.3 is 25.6 Å². The molecule has 0 bridgehead atoms. The lowest BCUT2D eigenvalue weighted by Crippen LogP contribution is -2.37. The molecule has 1 amide bonds. The van der Waals surface area contributed by atoms with Crippen molar-refractivity contribution in [3.05, 3.63) is 42.1 Å². The quantitative estimate of drug-likeness (QED) is 0.761. The van der Waals surface area contributed by atoms with Gasteiger partial charge in [0.2, 0.25) is 0 Å². The first-order valence-electron chi connectivity index (χ1n) is 8.91. The van der Waals surface area contributed by atoms with E-state index >= 15 is 0 Å². The van der Waals surface area contributed by atoms with Crippen molar-refractivity contribution in [3.63, 3.8) is 0 Å². The highest BCUT2D eigenvalue weighted by Crippen LogP contribution is 2.77. The van der Waals surface area contributed by atoms with Gasteiger partial charge in [-0.05, 0) is 57.4 Å². The van der Waals surface area contributed by atoms with Gasteiger partial charge in [0.1, 0.15) is 28.7 Å². The fraction of sp³-hybridized carbons (Fsp3) is 0.400. The first-order valence-corrected chi connectivity index (χ1v) is 8.91. The first kappa shape index (κ1) is 17.5. The molecule has 2 saturated carbocycles. The summed E-state index contributed by atoms with van der Waals surface area (Å²) in [4.78, 5) is 16.0. The maximum atomic E-state index is 12.1. The summed E-state index contributed by atoms with van der Waals surface area (Å²) in [6, 6.07) is 8.45. The number of aromatic hydroxyl groups is 1. The molecule has 4 N–H and O–H groups in total. The number of fused-ring (bicyclic) bond motifs is 1. The molecule has 0 unspecified atom stereocenters. The molecule has 3 atom stereocenters. The third-order valence-electron chi connectivity index (χ3n) is 4.96. The fourth-order valence-corrected chi connectivity index (χ4v) is 3.59. The van der Waals surface area contributed by atoms with Crippen molar-refractivity contribution in [3.8, 4) is 17.2 Å². The Hall–Kier alpha value is -2.96. The maximum absolute atomic E-state index is 12.1. The molecule has 2 aromatic rings. The van der Waals surface area contributed by atoms with Gasteiger partial charge in [0.25, 0.3) is 0 Å². The average molecular weight is 369 g/mol. The number of hydrogen-bond acceptors (Lipinski definition) is 6. The first-order chi connectivity index (χ1) is 12.7. The minimum Gasteiger partial charge on any atom is -0.508 e. The van der Waals surface area contributed by atoms with Crippen LogP contribution in [0.15, 0.2) is 36.5 Å². The van der Waals surface area contributed by atoms with Crippen LogP contribution >= 0.6 is 0 Å². The Bertz CT molecular complexity index is 908. The Morgan fingerprint density at radius 2 is 2.04 bits per heavy atom.